The van der Waals surface area contributed by atoms with Gasteiger partial charge in [-0.15, -0.1) is 0 Å². The van der Waals surface area contributed by atoms with E-state index in [4.69, 9.17) is 16.3 Å². The molecule has 1 aliphatic rings. The van der Waals surface area contributed by atoms with E-state index >= 15 is 0 Å². The molecular weight excluding hydrogens is 324 g/mol. The van der Waals surface area contributed by atoms with Gasteiger partial charge in [-0.05, 0) is 30.3 Å². The molecule has 24 heavy (non-hydrogen) atoms. The van der Waals surface area contributed by atoms with Crippen LogP contribution in [0.2, 0.25) is 5.02 Å². The van der Waals surface area contributed by atoms with E-state index in [1.54, 1.807) is 19.2 Å². The molecule has 4 rings (SSSR count). The Morgan fingerprint density at radius 2 is 2.04 bits per heavy atom. The number of fused-ring (bicyclic) bond motifs is 2. The SMILES string of the molecule is COc1ccc2c(C=C3C(=O)Nc4cc(Cl)ccc43)cn(C)c2c1. The number of halogens is 1. The Morgan fingerprint density at radius 1 is 1.21 bits per heavy atom. The number of aromatic nitrogens is 1. The summed E-state index contributed by atoms with van der Waals surface area (Å²) in [6.45, 7) is 0. The number of carbonyl (C=O) groups is 1. The molecule has 0 unspecified atom stereocenters. The Bertz CT molecular complexity index is 1020. The van der Waals surface area contributed by atoms with Gasteiger partial charge in [0.15, 0.2) is 0 Å². The van der Waals surface area contributed by atoms with Crippen LogP contribution < -0.4 is 10.1 Å². The molecule has 2 heterocycles. The predicted octanol–water partition coefficient (Wildman–Crippen LogP) is 4.33. The Morgan fingerprint density at radius 3 is 2.83 bits per heavy atom. The van der Waals surface area contributed by atoms with Crippen LogP contribution in [0.25, 0.3) is 22.6 Å². The summed E-state index contributed by atoms with van der Waals surface area (Å²) in [5, 5.41) is 4.54. The summed E-state index contributed by atoms with van der Waals surface area (Å²) in [5.41, 5.74) is 4.31. The summed E-state index contributed by atoms with van der Waals surface area (Å²) in [6.07, 6.45) is 3.93. The first-order chi connectivity index (χ1) is 11.6. The molecule has 0 saturated heterocycles. The average Bonchev–Trinajstić information content (AvgIpc) is 3.04. The summed E-state index contributed by atoms with van der Waals surface area (Å²) in [6, 6.07) is 11.4. The smallest absolute Gasteiger partial charge is 0.256 e. The second-order valence-electron chi connectivity index (χ2n) is 5.78. The number of methoxy groups -OCH3 is 1. The van der Waals surface area contributed by atoms with Crippen LogP contribution in [0.5, 0.6) is 5.75 Å². The molecule has 4 nitrogen and oxygen atoms in total. The molecule has 3 aromatic rings. The lowest BCUT2D eigenvalue weighted by Crippen LogP contribution is -2.03. The fourth-order valence-electron chi connectivity index (χ4n) is 3.10. The van der Waals surface area contributed by atoms with Crippen molar-refractivity contribution in [2.75, 3.05) is 12.4 Å². The van der Waals surface area contributed by atoms with E-state index in [-0.39, 0.29) is 5.91 Å². The lowest BCUT2D eigenvalue weighted by molar-refractivity contribution is -0.110. The maximum Gasteiger partial charge on any atom is 0.256 e. The van der Waals surface area contributed by atoms with Gasteiger partial charge < -0.3 is 14.6 Å². The third kappa shape index (κ3) is 2.27. The zero-order chi connectivity index (χ0) is 16.8. The van der Waals surface area contributed by atoms with Crippen LogP contribution in [-0.2, 0) is 11.8 Å². The number of amides is 1. The summed E-state index contributed by atoms with van der Waals surface area (Å²) >= 11 is 6.00. The van der Waals surface area contributed by atoms with Crippen LogP contribution in [0, 0.1) is 0 Å². The summed E-state index contributed by atoms with van der Waals surface area (Å²) in [4.78, 5) is 12.3. The van der Waals surface area contributed by atoms with Crippen LogP contribution in [0.15, 0.2) is 42.6 Å². The third-order valence-corrected chi connectivity index (χ3v) is 4.53. The number of carbonyl (C=O) groups excluding carboxylic acids is 1. The maximum atomic E-state index is 12.3. The Balaban J connectivity index is 1.88. The van der Waals surface area contributed by atoms with E-state index in [2.05, 4.69) is 5.32 Å². The van der Waals surface area contributed by atoms with Gasteiger partial charge in [-0.1, -0.05) is 17.7 Å². The van der Waals surface area contributed by atoms with E-state index in [0.717, 1.165) is 33.5 Å². The first-order valence-electron chi connectivity index (χ1n) is 7.53. The number of nitrogens with one attached hydrogen (secondary N) is 1. The van der Waals surface area contributed by atoms with Crippen molar-refractivity contribution in [3.63, 3.8) is 0 Å². The van der Waals surface area contributed by atoms with E-state index in [0.29, 0.717) is 10.6 Å². The zero-order valence-electron chi connectivity index (χ0n) is 13.3. The van der Waals surface area contributed by atoms with Crippen molar-refractivity contribution >= 4 is 45.7 Å². The highest BCUT2D eigenvalue weighted by molar-refractivity contribution is 6.36. The number of aryl methyl sites for hydroxylation is 1. The molecule has 2 aromatic carbocycles. The molecule has 0 fully saturated rings. The second kappa shape index (κ2) is 5.42. The number of hydrogen-bond donors (Lipinski definition) is 1. The number of ether oxygens (including phenoxy) is 1. The third-order valence-electron chi connectivity index (χ3n) is 4.29. The average molecular weight is 339 g/mol. The van der Waals surface area contributed by atoms with Gasteiger partial charge in [0.25, 0.3) is 5.91 Å². The molecular formula is C19H15ClN2O2. The number of hydrogen-bond acceptors (Lipinski definition) is 2. The van der Waals surface area contributed by atoms with Gasteiger partial charge in [0, 0.05) is 46.4 Å². The summed E-state index contributed by atoms with van der Waals surface area (Å²) in [5.74, 6) is 0.694. The van der Waals surface area contributed by atoms with Crippen molar-refractivity contribution in [1.82, 2.24) is 4.57 Å². The number of rotatable bonds is 2. The first kappa shape index (κ1) is 14.8. The Kier molecular flexibility index (Phi) is 3.36. The molecule has 0 bridgehead atoms. The Hall–Kier alpha value is -2.72. The van der Waals surface area contributed by atoms with E-state index in [9.17, 15) is 4.79 Å². The summed E-state index contributed by atoms with van der Waals surface area (Å²) < 4.78 is 7.32. The van der Waals surface area contributed by atoms with Gasteiger partial charge >= 0.3 is 0 Å². The van der Waals surface area contributed by atoms with Crippen molar-refractivity contribution in [3.05, 3.63) is 58.7 Å². The van der Waals surface area contributed by atoms with Crippen LogP contribution in [0.4, 0.5) is 5.69 Å². The normalized spacial score (nSPS) is 15.0. The molecule has 1 amide bonds. The molecule has 1 aliphatic heterocycles. The lowest BCUT2D eigenvalue weighted by Gasteiger charge is -2.01. The van der Waals surface area contributed by atoms with Gasteiger partial charge in [0.2, 0.25) is 0 Å². The van der Waals surface area contributed by atoms with Crippen LogP contribution in [-0.4, -0.2) is 17.6 Å². The topological polar surface area (TPSA) is 43.3 Å². The second-order valence-corrected chi connectivity index (χ2v) is 6.22. The van der Waals surface area contributed by atoms with E-state index in [1.165, 1.54) is 0 Å². The molecule has 0 saturated carbocycles. The van der Waals surface area contributed by atoms with Gasteiger partial charge in [-0.3, -0.25) is 4.79 Å². The summed E-state index contributed by atoms with van der Waals surface area (Å²) in [7, 11) is 3.63. The molecule has 1 N–H and O–H groups in total. The first-order valence-corrected chi connectivity index (χ1v) is 7.90. The van der Waals surface area contributed by atoms with Gasteiger partial charge in [-0.2, -0.15) is 0 Å². The van der Waals surface area contributed by atoms with Crippen LogP contribution in [0.3, 0.4) is 0 Å². The number of benzene rings is 2. The molecule has 0 atom stereocenters. The molecule has 0 aliphatic carbocycles. The van der Waals surface area contributed by atoms with Crippen molar-refractivity contribution in [1.29, 1.82) is 0 Å². The van der Waals surface area contributed by atoms with Gasteiger partial charge in [-0.25, -0.2) is 0 Å². The fraction of sp³-hybridized carbons (Fsp3) is 0.105. The Labute approximate surface area is 144 Å². The highest BCUT2D eigenvalue weighted by Gasteiger charge is 2.24. The monoisotopic (exact) mass is 338 g/mol. The standard InChI is InChI=1S/C19H15ClN2O2/c1-22-10-11(14-6-4-13(24-2)9-18(14)22)7-16-15-5-3-12(20)8-17(15)21-19(16)23/h3-10H,1-2H3,(H,21,23). The molecule has 5 heteroatoms. The maximum absolute atomic E-state index is 12.3. The molecule has 120 valence electrons. The van der Waals surface area contributed by atoms with Crippen molar-refractivity contribution in [2.45, 2.75) is 0 Å². The van der Waals surface area contributed by atoms with Crippen LogP contribution in [0.1, 0.15) is 11.1 Å². The predicted molar refractivity (Wildman–Crippen MR) is 97.4 cm³/mol. The largest absolute Gasteiger partial charge is 0.497 e. The van der Waals surface area contributed by atoms with E-state index < -0.39 is 0 Å². The minimum absolute atomic E-state index is 0.113. The minimum atomic E-state index is -0.113. The van der Waals surface area contributed by atoms with E-state index in [1.807, 2.05) is 48.2 Å². The lowest BCUT2D eigenvalue weighted by atomic mass is 10.0. The highest BCUT2D eigenvalue weighted by atomic mass is 35.5. The molecule has 1 aromatic heterocycles. The molecule has 0 radical (unpaired) electrons. The number of nitrogens with zero attached hydrogens (tertiary/aromatic N) is 1. The van der Waals surface area contributed by atoms with Gasteiger partial charge in [0.1, 0.15) is 5.75 Å². The van der Waals surface area contributed by atoms with Crippen molar-refractivity contribution < 1.29 is 9.53 Å². The molecule has 0 spiro atoms. The van der Waals surface area contributed by atoms with Gasteiger partial charge in [0.05, 0.1) is 18.3 Å². The zero-order valence-corrected chi connectivity index (χ0v) is 14.0. The van der Waals surface area contributed by atoms with Crippen LogP contribution >= 0.6 is 11.6 Å². The van der Waals surface area contributed by atoms with Crippen molar-refractivity contribution in [2.24, 2.45) is 7.05 Å². The minimum Gasteiger partial charge on any atom is -0.497 e. The quantitative estimate of drug-likeness (QED) is 0.707. The fourth-order valence-corrected chi connectivity index (χ4v) is 3.27. The number of anilines is 1. The van der Waals surface area contributed by atoms with Crippen molar-refractivity contribution in [3.8, 4) is 5.75 Å². The highest BCUT2D eigenvalue weighted by Crippen LogP contribution is 2.36.